The molecule has 1 atom stereocenters. The van der Waals surface area contributed by atoms with E-state index in [4.69, 9.17) is 0 Å². The van der Waals surface area contributed by atoms with Crippen LogP contribution in [0, 0.1) is 6.92 Å². The van der Waals surface area contributed by atoms with E-state index in [2.05, 4.69) is 44.2 Å². The Morgan fingerprint density at radius 2 is 2.22 bits per heavy atom. The predicted molar refractivity (Wildman–Crippen MR) is 76.4 cm³/mol. The number of halogens is 1. The molecule has 2 aromatic rings. The van der Waals surface area contributed by atoms with Crippen LogP contribution in [0.2, 0.25) is 0 Å². The number of nitrogens with one attached hydrogen (secondary N) is 1. The fourth-order valence-electron chi connectivity index (χ4n) is 1.92. The van der Waals surface area contributed by atoms with E-state index in [9.17, 15) is 0 Å². The van der Waals surface area contributed by atoms with Gasteiger partial charge >= 0.3 is 0 Å². The number of pyridine rings is 2. The molecule has 0 saturated heterocycles. The first-order valence-electron chi connectivity index (χ1n) is 5.97. The lowest BCUT2D eigenvalue weighted by Crippen LogP contribution is -2.23. The highest BCUT2D eigenvalue weighted by atomic mass is 79.9. The Hall–Kier alpha value is -1.26. The molecule has 0 aliphatic rings. The summed E-state index contributed by atoms with van der Waals surface area (Å²) in [6.45, 7) is 5.02. The predicted octanol–water partition coefficient (Wildman–Crippen LogP) is 3.25. The third kappa shape index (κ3) is 2.94. The lowest BCUT2D eigenvalue weighted by atomic mass is 10.0. The minimum atomic E-state index is 0.0676. The van der Waals surface area contributed by atoms with Crippen LogP contribution in [0.25, 0.3) is 0 Å². The van der Waals surface area contributed by atoms with Crippen molar-refractivity contribution in [1.29, 1.82) is 0 Å². The van der Waals surface area contributed by atoms with Crippen molar-refractivity contribution < 1.29 is 0 Å². The second-order valence-corrected chi connectivity index (χ2v) is 5.01. The molecule has 3 nitrogen and oxygen atoms in total. The summed E-state index contributed by atoms with van der Waals surface area (Å²) < 4.78 is 1.01. The standard InChI is InChI=1S/C14H16BrN3/c1-3-17-13(11-7-10(2)8-16-9-11)14-12(15)5-4-6-18-14/h4-9,13,17H,3H2,1-2H3. The number of aryl methyl sites for hydroxylation is 1. The molecule has 0 aliphatic heterocycles. The molecule has 18 heavy (non-hydrogen) atoms. The van der Waals surface area contributed by atoms with Gasteiger partial charge in [0.1, 0.15) is 0 Å². The second-order valence-electron chi connectivity index (χ2n) is 4.16. The summed E-state index contributed by atoms with van der Waals surface area (Å²) in [6, 6.07) is 6.14. The van der Waals surface area contributed by atoms with Crippen LogP contribution >= 0.6 is 15.9 Å². The van der Waals surface area contributed by atoms with Crippen molar-refractivity contribution in [2.45, 2.75) is 19.9 Å². The van der Waals surface area contributed by atoms with Crippen LogP contribution in [0.1, 0.15) is 29.8 Å². The van der Waals surface area contributed by atoms with Gasteiger partial charge in [0, 0.05) is 23.1 Å². The molecule has 0 bridgehead atoms. The molecule has 0 saturated carbocycles. The zero-order chi connectivity index (χ0) is 13.0. The molecular weight excluding hydrogens is 290 g/mol. The largest absolute Gasteiger partial charge is 0.305 e. The van der Waals surface area contributed by atoms with Gasteiger partial charge in [-0.15, -0.1) is 0 Å². The van der Waals surface area contributed by atoms with Crippen molar-refractivity contribution in [3.8, 4) is 0 Å². The smallest absolute Gasteiger partial charge is 0.0777 e. The summed E-state index contributed by atoms with van der Waals surface area (Å²) in [6.07, 6.45) is 5.56. The van der Waals surface area contributed by atoms with E-state index in [0.29, 0.717) is 0 Å². The minimum Gasteiger partial charge on any atom is -0.305 e. The van der Waals surface area contributed by atoms with Crippen molar-refractivity contribution in [2.75, 3.05) is 6.54 Å². The Kier molecular flexibility index (Phi) is 4.44. The molecular formula is C14H16BrN3. The Labute approximate surface area is 116 Å². The van der Waals surface area contributed by atoms with Gasteiger partial charge in [0.25, 0.3) is 0 Å². The van der Waals surface area contributed by atoms with Crippen molar-refractivity contribution in [3.63, 3.8) is 0 Å². The summed E-state index contributed by atoms with van der Waals surface area (Å²) in [7, 11) is 0. The highest BCUT2D eigenvalue weighted by molar-refractivity contribution is 9.10. The van der Waals surface area contributed by atoms with E-state index in [1.54, 1.807) is 0 Å². The first-order chi connectivity index (χ1) is 8.72. The van der Waals surface area contributed by atoms with E-state index in [1.807, 2.05) is 37.6 Å². The average molecular weight is 306 g/mol. The third-order valence-electron chi connectivity index (χ3n) is 2.70. The third-order valence-corrected chi connectivity index (χ3v) is 3.37. The van der Waals surface area contributed by atoms with E-state index in [0.717, 1.165) is 27.8 Å². The molecule has 4 heteroatoms. The van der Waals surface area contributed by atoms with Crippen LogP contribution in [-0.4, -0.2) is 16.5 Å². The van der Waals surface area contributed by atoms with Crippen LogP contribution in [0.15, 0.2) is 41.3 Å². The summed E-state index contributed by atoms with van der Waals surface area (Å²) >= 11 is 3.56. The first-order valence-corrected chi connectivity index (χ1v) is 6.77. The van der Waals surface area contributed by atoms with Gasteiger partial charge in [-0.1, -0.05) is 13.0 Å². The van der Waals surface area contributed by atoms with Gasteiger partial charge in [-0.3, -0.25) is 9.97 Å². The quantitative estimate of drug-likeness (QED) is 0.942. The minimum absolute atomic E-state index is 0.0676. The van der Waals surface area contributed by atoms with Crippen LogP contribution in [0.3, 0.4) is 0 Å². The maximum absolute atomic E-state index is 4.47. The Bertz CT molecular complexity index is 528. The molecule has 2 aromatic heterocycles. The van der Waals surface area contributed by atoms with Gasteiger partial charge < -0.3 is 5.32 Å². The second kappa shape index (κ2) is 6.07. The van der Waals surface area contributed by atoms with Crippen LogP contribution in [0.4, 0.5) is 0 Å². The molecule has 2 heterocycles. The zero-order valence-corrected chi connectivity index (χ0v) is 12.1. The Balaban J connectivity index is 2.43. The van der Waals surface area contributed by atoms with Gasteiger partial charge in [-0.25, -0.2) is 0 Å². The monoisotopic (exact) mass is 305 g/mol. The van der Waals surface area contributed by atoms with Crippen molar-refractivity contribution in [2.24, 2.45) is 0 Å². The van der Waals surface area contributed by atoms with E-state index >= 15 is 0 Å². The van der Waals surface area contributed by atoms with E-state index < -0.39 is 0 Å². The first kappa shape index (κ1) is 13.2. The summed E-state index contributed by atoms with van der Waals surface area (Å²) in [5, 5.41) is 3.45. The van der Waals surface area contributed by atoms with Crippen molar-refractivity contribution in [1.82, 2.24) is 15.3 Å². The number of nitrogens with zero attached hydrogens (tertiary/aromatic N) is 2. The molecule has 0 aliphatic carbocycles. The molecule has 0 fully saturated rings. The number of hydrogen-bond acceptors (Lipinski definition) is 3. The molecule has 0 spiro atoms. The zero-order valence-electron chi connectivity index (χ0n) is 10.5. The topological polar surface area (TPSA) is 37.8 Å². The van der Waals surface area contributed by atoms with Crippen LogP contribution in [-0.2, 0) is 0 Å². The molecule has 0 amide bonds. The van der Waals surface area contributed by atoms with E-state index in [1.165, 1.54) is 0 Å². The maximum Gasteiger partial charge on any atom is 0.0777 e. The fraction of sp³-hybridized carbons (Fsp3) is 0.286. The molecule has 0 radical (unpaired) electrons. The molecule has 2 rings (SSSR count). The van der Waals surface area contributed by atoms with Crippen molar-refractivity contribution in [3.05, 3.63) is 58.1 Å². The average Bonchev–Trinajstić information content (AvgIpc) is 2.37. The summed E-state index contributed by atoms with van der Waals surface area (Å²) in [4.78, 5) is 8.73. The van der Waals surface area contributed by atoms with Gasteiger partial charge in [0.15, 0.2) is 0 Å². The summed E-state index contributed by atoms with van der Waals surface area (Å²) in [5.74, 6) is 0. The van der Waals surface area contributed by atoms with E-state index in [-0.39, 0.29) is 6.04 Å². The molecule has 1 unspecified atom stereocenters. The van der Waals surface area contributed by atoms with Crippen LogP contribution in [0.5, 0.6) is 0 Å². The molecule has 1 N–H and O–H groups in total. The lowest BCUT2D eigenvalue weighted by molar-refractivity contribution is 0.610. The van der Waals surface area contributed by atoms with Gasteiger partial charge in [0.2, 0.25) is 0 Å². The normalized spacial score (nSPS) is 12.4. The SMILES string of the molecule is CCNC(c1cncc(C)c1)c1ncccc1Br. The highest BCUT2D eigenvalue weighted by Gasteiger charge is 2.17. The fourth-order valence-corrected chi connectivity index (χ4v) is 2.41. The number of aromatic nitrogens is 2. The molecule has 0 aromatic carbocycles. The lowest BCUT2D eigenvalue weighted by Gasteiger charge is -2.19. The number of hydrogen-bond donors (Lipinski definition) is 1. The summed E-state index contributed by atoms with van der Waals surface area (Å²) in [5.41, 5.74) is 3.28. The molecule has 94 valence electrons. The number of rotatable bonds is 4. The Morgan fingerprint density at radius 3 is 2.89 bits per heavy atom. The van der Waals surface area contributed by atoms with Crippen LogP contribution < -0.4 is 5.32 Å². The maximum atomic E-state index is 4.47. The Morgan fingerprint density at radius 1 is 1.39 bits per heavy atom. The van der Waals surface area contributed by atoms with Gasteiger partial charge in [-0.05, 0) is 52.7 Å². The van der Waals surface area contributed by atoms with Gasteiger partial charge in [-0.2, -0.15) is 0 Å². The highest BCUT2D eigenvalue weighted by Crippen LogP contribution is 2.26. The van der Waals surface area contributed by atoms with Gasteiger partial charge in [0.05, 0.1) is 11.7 Å². The van der Waals surface area contributed by atoms with Crippen molar-refractivity contribution >= 4 is 15.9 Å².